The van der Waals surface area contributed by atoms with Gasteiger partial charge in [0.15, 0.2) is 0 Å². The molecule has 3 aliphatic rings. The van der Waals surface area contributed by atoms with Crippen molar-refractivity contribution in [2.75, 3.05) is 18.5 Å². The fourth-order valence-corrected chi connectivity index (χ4v) is 23.8. The van der Waals surface area contributed by atoms with Crippen LogP contribution in [0.5, 0.6) is 0 Å². The lowest BCUT2D eigenvalue weighted by Crippen LogP contribution is -2.40. The Balaban J connectivity index is 1.32. The van der Waals surface area contributed by atoms with E-state index in [9.17, 15) is 0 Å². The maximum absolute atomic E-state index is 5.71. The number of nitrogens with zero attached hydrogens (tertiary/aromatic N) is 10. The quantitative estimate of drug-likeness (QED) is 0.152. The first-order valence-corrected chi connectivity index (χ1v) is 33.7. The van der Waals surface area contributed by atoms with E-state index in [1.165, 1.54) is 0 Å². The summed E-state index contributed by atoms with van der Waals surface area (Å²) in [4.78, 5) is 19.5. The van der Waals surface area contributed by atoms with Crippen molar-refractivity contribution >= 4 is 118 Å². The van der Waals surface area contributed by atoms with Gasteiger partial charge in [-0.2, -0.15) is 0 Å². The molecule has 9 aromatic carbocycles. The molecule has 3 heterocycles. The zero-order chi connectivity index (χ0) is 53.4. The molecular formula is C62H54Br3N10P3. The van der Waals surface area contributed by atoms with Crippen molar-refractivity contribution in [2.24, 2.45) is 51.0 Å². The topological polar surface area (TPSA) is 114 Å². The van der Waals surface area contributed by atoms with Crippen LogP contribution in [-0.4, -0.2) is 23.4 Å². The Hall–Kier alpha value is -6.13. The van der Waals surface area contributed by atoms with Gasteiger partial charge in [-0.15, -0.1) is 29.9 Å². The standard InChI is InChI=1S/C62H54Br3N10P3/c1-62-44-76(53-20-8-2-9-21-53,54-22-10-3-11-23-54)72-69-66-50-32-35-59(63)47(38-50)41-75(42-48-39-51(33-36-60(48)64)67-70-73-77(45-62,55-24-12-4-13-25-55)56-26-14-5-15-27-56)43-49-40-52(34-37-61(49)65)68-71-74-78(46-62,57-28-16-6-17-29-57)58-30-18-7-19-31-58/h2-40H,41-46H2,1H3. The second-order valence-electron chi connectivity index (χ2n) is 19.9. The zero-order valence-electron chi connectivity index (χ0n) is 42.7. The molecule has 10 nitrogen and oxygen atoms in total. The Morgan fingerprint density at radius 3 is 0.795 bits per heavy atom. The summed E-state index contributed by atoms with van der Waals surface area (Å²) >= 11 is 11.8. The van der Waals surface area contributed by atoms with Gasteiger partial charge in [-0.25, -0.2) is 0 Å². The smallest absolute Gasteiger partial charge is 0.0879 e. The summed E-state index contributed by atoms with van der Waals surface area (Å²) in [6.07, 6.45) is 1.63. The highest BCUT2D eigenvalue weighted by molar-refractivity contribution is 9.11. The summed E-state index contributed by atoms with van der Waals surface area (Å²) < 4.78 is 2.87. The first-order chi connectivity index (χ1) is 38.1. The van der Waals surface area contributed by atoms with Gasteiger partial charge in [-0.3, -0.25) is 4.90 Å². The number of hydrogen-bond acceptors (Lipinski definition) is 10. The van der Waals surface area contributed by atoms with Gasteiger partial charge >= 0.3 is 0 Å². The molecule has 0 aliphatic carbocycles. The Morgan fingerprint density at radius 1 is 0.333 bits per heavy atom. The van der Waals surface area contributed by atoms with E-state index in [1.807, 2.05) is 18.2 Å². The summed E-state index contributed by atoms with van der Waals surface area (Å²) in [6.45, 7) is 4.07. The molecule has 12 rings (SSSR count). The predicted octanol–water partition coefficient (Wildman–Crippen LogP) is 17.8. The van der Waals surface area contributed by atoms with Crippen molar-refractivity contribution in [3.8, 4) is 0 Å². The number of halogens is 3. The van der Waals surface area contributed by atoms with E-state index in [1.54, 1.807) is 0 Å². The molecule has 0 saturated carbocycles. The van der Waals surface area contributed by atoms with Crippen molar-refractivity contribution in [3.63, 3.8) is 0 Å². The summed E-state index contributed by atoms with van der Waals surface area (Å²) in [5.74, 6) is 0. The first-order valence-electron chi connectivity index (χ1n) is 25.6. The minimum absolute atomic E-state index is 0.544. The monoisotopic (exact) mass is 1270 g/mol. The third-order valence-corrected chi connectivity index (χ3v) is 28.3. The van der Waals surface area contributed by atoms with Crippen LogP contribution in [0, 0.1) is 5.41 Å². The van der Waals surface area contributed by atoms with Crippen LogP contribution < -0.4 is 31.8 Å². The molecule has 0 unspecified atom stereocenters. The van der Waals surface area contributed by atoms with Gasteiger partial charge in [-0.1, -0.05) is 237 Å². The van der Waals surface area contributed by atoms with Crippen molar-refractivity contribution in [2.45, 2.75) is 26.6 Å². The van der Waals surface area contributed by atoms with Crippen molar-refractivity contribution < 1.29 is 0 Å². The van der Waals surface area contributed by atoms with Crippen molar-refractivity contribution in [3.05, 3.63) is 267 Å². The van der Waals surface area contributed by atoms with Gasteiger partial charge in [0.25, 0.3) is 0 Å². The average Bonchev–Trinajstić information content (AvgIpc) is 3.51. The number of benzene rings is 9. The molecule has 78 heavy (non-hydrogen) atoms. The largest absolute Gasteiger partial charge is 0.290 e. The Labute approximate surface area is 481 Å². The first kappa shape index (κ1) is 53.9. The van der Waals surface area contributed by atoms with Gasteiger partial charge in [0, 0.05) is 33.1 Å². The molecule has 9 aromatic rings. The maximum atomic E-state index is 5.71. The van der Waals surface area contributed by atoms with Crippen LogP contribution >= 0.6 is 69.0 Å². The van der Waals surface area contributed by atoms with Crippen molar-refractivity contribution in [1.82, 2.24) is 4.90 Å². The van der Waals surface area contributed by atoms with E-state index in [-0.39, 0.29) is 0 Å². The fourth-order valence-electron chi connectivity index (χ4n) is 10.8. The van der Waals surface area contributed by atoms with Gasteiger partial charge in [-0.05, 0) is 143 Å². The number of rotatable bonds is 6. The molecule has 3 aliphatic heterocycles. The Kier molecular flexibility index (Phi) is 16.6. The van der Waals surface area contributed by atoms with E-state index in [2.05, 4.69) is 278 Å². The molecule has 0 saturated heterocycles. The maximum Gasteiger partial charge on any atom is 0.0879 e. The van der Waals surface area contributed by atoms with Gasteiger partial charge in [0.05, 0.1) is 38.2 Å². The molecule has 0 amide bonds. The van der Waals surface area contributed by atoms with E-state index in [0.29, 0.717) is 55.2 Å². The highest BCUT2D eigenvalue weighted by Crippen LogP contribution is 2.63. The van der Waals surface area contributed by atoms with Gasteiger partial charge in [0.2, 0.25) is 0 Å². The minimum atomic E-state index is -3.00. The average molecular weight is 1270 g/mol. The number of hydrogen-bond donors (Lipinski definition) is 0. The summed E-state index contributed by atoms with van der Waals surface area (Å²) in [7, 11) is -9.00. The molecule has 0 radical (unpaired) electrons. The van der Waals surface area contributed by atoms with Gasteiger partial charge < -0.3 is 0 Å². The van der Waals surface area contributed by atoms with E-state index < -0.39 is 26.6 Å². The van der Waals surface area contributed by atoms with E-state index in [4.69, 9.17) is 45.6 Å². The fraction of sp³-hybridized carbons (Fsp3) is 0.129. The van der Waals surface area contributed by atoms with Crippen molar-refractivity contribution in [1.29, 1.82) is 0 Å². The second-order valence-corrected chi connectivity index (χ2v) is 31.7. The molecule has 8 bridgehead atoms. The Morgan fingerprint density at radius 2 is 0.564 bits per heavy atom. The lowest BCUT2D eigenvalue weighted by atomic mass is 9.99. The molecule has 388 valence electrons. The SMILES string of the molecule is CC12CP(c3ccccc3)(c3ccccc3)=NN=Nc3ccc(Br)c(c3)CN(Cc3cc(ccc3Br)N=NN=P(c3ccccc3)(c3ccccc3)C1)Cc1cc(ccc1Br)N=NN=P(c1ccccc1)(c1ccccc1)C2. The lowest BCUT2D eigenvalue weighted by molar-refractivity contribution is 0.246. The van der Waals surface area contributed by atoms with E-state index >= 15 is 0 Å². The van der Waals surface area contributed by atoms with E-state index in [0.717, 1.165) is 61.9 Å². The predicted molar refractivity (Wildman–Crippen MR) is 336 cm³/mol. The Bertz CT molecular complexity index is 3320. The molecular weight excluding hydrogens is 1220 g/mol. The molecule has 0 aromatic heterocycles. The zero-order valence-corrected chi connectivity index (χ0v) is 50.1. The van der Waals surface area contributed by atoms with Crippen LogP contribution in [0.15, 0.2) is 296 Å². The van der Waals surface area contributed by atoms with Gasteiger partial charge in [0.1, 0.15) is 0 Å². The van der Waals surface area contributed by atoms with Crippen LogP contribution in [0.3, 0.4) is 0 Å². The van der Waals surface area contributed by atoms with Crippen LogP contribution in [-0.2, 0) is 19.6 Å². The van der Waals surface area contributed by atoms with Crippen LogP contribution in [0.4, 0.5) is 17.1 Å². The highest BCUT2D eigenvalue weighted by Gasteiger charge is 2.46. The second kappa shape index (κ2) is 24.1. The third kappa shape index (κ3) is 11.8. The number of fused-ring (bicyclic) bond motifs is 6. The highest BCUT2D eigenvalue weighted by atomic mass is 79.9. The molecule has 16 heteroatoms. The summed E-state index contributed by atoms with van der Waals surface area (Å²) in [5, 5.41) is 36.7. The van der Waals surface area contributed by atoms with Crippen LogP contribution in [0.1, 0.15) is 23.6 Å². The van der Waals surface area contributed by atoms with Crippen LogP contribution in [0.2, 0.25) is 0 Å². The van der Waals surface area contributed by atoms with Crippen LogP contribution in [0.25, 0.3) is 0 Å². The normalized spacial score (nSPS) is 18.8. The summed E-state index contributed by atoms with van der Waals surface area (Å²) in [5.41, 5.74) is 4.49. The molecule has 0 atom stereocenters. The molecule has 0 spiro atoms. The molecule has 0 N–H and O–H groups in total. The third-order valence-electron chi connectivity index (χ3n) is 14.3. The lowest BCUT2D eigenvalue weighted by Gasteiger charge is -2.43. The minimum Gasteiger partial charge on any atom is -0.290 e. The molecule has 0 fully saturated rings. The summed E-state index contributed by atoms with van der Waals surface area (Å²) in [6, 6.07) is 82.9.